The Labute approximate surface area is 116 Å². The van der Waals surface area contributed by atoms with Gasteiger partial charge in [0.2, 0.25) is 0 Å². The van der Waals surface area contributed by atoms with Gasteiger partial charge < -0.3 is 9.88 Å². The molecule has 106 valence electrons. The topological polar surface area (TPSA) is 42.7 Å². The molecule has 1 aliphatic carbocycles. The summed E-state index contributed by atoms with van der Waals surface area (Å²) >= 11 is 0. The number of fused-ring (bicyclic) bond motifs is 1. The second kappa shape index (κ2) is 5.61. The van der Waals surface area contributed by atoms with Crippen molar-refractivity contribution in [2.24, 2.45) is 0 Å². The summed E-state index contributed by atoms with van der Waals surface area (Å²) in [4.78, 5) is 0. The second-order valence-corrected chi connectivity index (χ2v) is 6.26. The molecular weight excluding hydrogens is 236 g/mol. The molecular formula is C15H26N4. The van der Waals surface area contributed by atoms with Crippen LogP contribution in [0, 0.1) is 0 Å². The average Bonchev–Trinajstić information content (AvgIpc) is 2.68. The molecule has 2 aliphatic rings. The smallest absolute Gasteiger partial charge is 0.134 e. The molecule has 4 heteroatoms. The summed E-state index contributed by atoms with van der Waals surface area (Å²) in [5, 5.41) is 12.5. The third-order valence-corrected chi connectivity index (χ3v) is 5.02. The Kier molecular flexibility index (Phi) is 3.87. The summed E-state index contributed by atoms with van der Waals surface area (Å²) in [6.07, 6.45) is 12.7. The SMILES string of the molecule is CNC1(Cc2nnc3n2CCCCC3)CCCCC1. The summed E-state index contributed by atoms with van der Waals surface area (Å²) in [5.41, 5.74) is 0.272. The number of rotatable bonds is 3. The van der Waals surface area contributed by atoms with Crippen molar-refractivity contribution in [3.63, 3.8) is 0 Å². The monoisotopic (exact) mass is 262 g/mol. The number of nitrogens with one attached hydrogen (secondary N) is 1. The first kappa shape index (κ1) is 13.1. The molecule has 1 N–H and O–H groups in total. The molecule has 1 saturated carbocycles. The molecule has 0 aromatic carbocycles. The van der Waals surface area contributed by atoms with Gasteiger partial charge in [-0.25, -0.2) is 0 Å². The Morgan fingerprint density at radius 3 is 2.63 bits per heavy atom. The minimum atomic E-state index is 0.272. The normalized spacial score (nSPS) is 22.8. The van der Waals surface area contributed by atoms with Gasteiger partial charge in [-0.3, -0.25) is 0 Å². The van der Waals surface area contributed by atoms with Crippen LogP contribution in [0.1, 0.15) is 63.0 Å². The zero-order valence-electron chi connectivity index (χ0n) is 12.1. The molecule has 0 spiro atoms. The van der Waals surface area contributed by atoms with Gasteiger partial charge in [-0.2, -0.15) is 0 Å². The van der Waals surface area contributed by atoms with Gasteiger partial charge in [0.1, 0.15) is 11.6 Å². The van der Waals surface area contributed by atoms with Crippen molar-refractivity contribution in [1.82, 2.24) is 20.1 Å². The highest BCUT2D eigenvalue weighted by Crippen LogP contribution is 2.31. The van der Waals surface area contributed by atoms with Gasteiger partial charge in [0, 0.05) is 24.9 Å². The molecule has 0 amide bonds. The maximum Gasteiger partial charge on any atom is 0.134 e. The van der Waals surface area contributed by atoms with Gasteiger partial charge in [0.25, 0.3) is 0 Å². The molecule has 0 unspecified atom stereocenters. The quantitative estimate of drug-likeness (QED) is 0.910. The average molecular weight is 262 g/mol. The standard InChI is InChI=1S/C15H26N4/c1-16-15(9-5-3-6-10-15)12-14-18-17-13-8-4-2-7-11-19(13)14/h16H,2-12H2,1H3. The highest BCUT2D eigenvalue weighted by molar-refractivity contribution is 5.05. The Hall–Kier alpha value is -0.900. The van der Waals surface area contributed by atoms with Crippen LogP contribution < -0.4 is 5.32 Å². The van der Waals surface area contributed by atoms with E-state index in [1.54, 1.807) is 0 Å². The van der Waals surface area contributed by atoms with E-state index in [0.717, 1.165) is 19.4 Å². The van der Waals surface area contributed by atoms with Crippen LogP contribution in [0.5, 0.6) is 0 Å². The highest BCUT2D eigenvalue weighted by Gasteiger charge is 2.32. The van der Waals surface area contributed by atoms with Crippen LogP contribution in [-0.2, 0) is 19.4 Å². The predicted octanol–water partition coefficient (Wildman–Crippen LogP) is 2.47. The zero-order valence-corrected chi connectivity index (χ0v) is 12.1. The fraction of sp³-hybridized carbons (Fsp3) is 0.867. The van der Waals surface area contributed by atoms with Crippen molar-refractivity contribution >= 4 is 0 Å². The number of hydrogen-bond donors (Lipinski definition) is 1. The van der Waals surface area contributed by atoms with Crippen molar-refractivity contribution in [2.45, 2.75) is 76.3 Å². The Morgan fingerprint density at radius 2 is 1.84 bits per heavy atom. The van der Waals surface area contributed by atoms with E-state index in [4.69, 9.17) is 0 Å². The van der Waals surface area contributed by atoms with E-state index >= 15 is 0 Å². The van der Waals surface area contributed by atoms with E-state index in [1.165, 1.54) is 63.0 Å². The molecule has 3 rings (SSSR count). The van der Waals surface area contributed by atoms with E-state index in [9.17, 15) is 0 Å². The second-order valence-electron chi connectivity index (χ2n) is 6.26. The Morgan fingerprint density at radius 1 is 1.05 bits per heavy atom. The molecule has 1 aliphatic heterocycles. The maximum absolute atomic E-state index is 4.50. The fourth-order valence-electron chi connectivity index (χ4n) is 3.72. The lowest BCUT2D eigenvalue weighted by Gasteiger charge is -2.37. The third-order valence-electron chi connectivity index (χ3n) is 5.02. The molecule has 1 aromatic rings. The van der Waals surface area contributed by atoms with E-state index in [-0.39, 0.29) is 5.54 Å². The lowest BCUT2D eigenvalue weighted by Crippen LogP contribution is -2.47. The lowest BCUT2D eigenvalue weighted by molar-refractivity contribution is 0.238. The van der Waals surface area contributed by atoms with Gasteiger partial charge in [0.15, 0.2) is 0 Å². The first-order valence-corrected chi connectivity index (χ1v) is 7.93. The van der Waals surface area contributed by atoms with E-state index in [1.807, 2.05) is 0 Å². The van der Waals surface area contributed by atoms with Crippen LogP contribution in [0.2, 0.25) is 0 Å². The highest BCUT2D eigenvalue weighted by atomic mass is 15.3. The van der Waals surface area contributed by atoms with E-state index in [2.05, 4.69) is 27.1 Å². The van der Waals surface area contributed by atoms with Gasteiger partial charge >= 0.3 is 0 Å². The Balaban J connectivity index is 1.80. The van der Waals surface area contributed by atoms with Crippen LogP contribution in [0.25, 0.3) is 0 Å². The van der Waals surface area contributed by atoms with Crippen molar-refractivity contribution in [1.29, 1.82) is 0 Å². The maximum atomic E-state index is 4.50. The van der Waals surface area contributed by atoms with Crippen molar-refractivity contribution in [3.05, 3.63) is 11.6 Å². The molecule has 19 heavy (non-hydrogen) atoms. The van der Waals surface area contributed by atoms with Gasteiger partial charge in [-0.05, 0) is 32.7 Å². The van der Waals surface area contributed by atoms with Crippen molar-refractivity contribution in [2.75, 3.05) is 7.05 Å². The van der Waals surface area contributed by atoms with Crippen LogP contribution in [-0.4, -0.2) is 27.4 Å². The number of nitrogens with zero attached hydrogens (tertiary/aromatic N) is 3. The first-order valence-electron chi connectivity index (χ1n) is 7.93. The molecule has 1 fully saturated rings. The molecule has 0 saturated heterocycles. The largest absolute Gasteiger partial charge is 0.315 e. The molecule has 1 aromatic heterocycles. The molecule has 0 bridgehead atoms. The van der Waals surface area contributed by atoms with E-state index < -0.39 is 0 Å². The third kappa shape index (κ3) is 2.69. The summed E-state index contributed by atoms with van der Waals surface area (Å²) in [6.45, 7) is 1.12. The van der Waals surface area contributed by atoms with Crippen LogP contribution in [0.3, 0.4) is 0 Å². The molecule has 0 radical (unpaired) electrons. The number of hydrogen-bond acceptors (Lipinski definition) is 3. The fourth-order valence-corrected chi connectivity index (χ4v) is 3.72. The zero-order chi connectivity index (χ0) is 13.1. The Bertz CT molecular complexity index is 418. The van der Waals surface area contributed by atoms with Crippen molar-refractivity contribution < 1.29 is 0 Å². The number of likely N-dealkylation sites (N-methyl/N-ethyl adjacent to an activating group) is 1. The van der Waals surface area contributed by atoms with Gasteiger partial charge in [0.05, 0.1) is 0 Å². The minimum Gasteiger partial charge on any atom is -0.315 e. The summed E-state index contributed by atoms with van der Waals surface area (Å²) < 4.78 is 2.40. The van der Waals surface area contributed by atoms with E-state index in [0.29, 0.717) is 0 Å². The van der Waals surface area contributed by atoms with Crippen LogP contribution in [0.15, 0.2) is 0 Å². The van der Waals surface area contributed by atoms with Crippen molar-refractivity contribution in [3.8, 4) is 0 Å². The number of aromatic nitrogens is 3. The van der Waals surface area contributed by atoms with Crippen LogP contribution >= 0.6 is 0 Å². The summed E-state index contributed by atoms with van der Waals surface area (Å²) in [5.74, 6) is 2.43. The molecule has 2 heterocycles. The number of aryl methyl sites for hydroxylation is 1. The minimum absolute atomic E-state index is 0.272. The summed E-state index contributed by atoms with van der Waals surface area (Å²) in [6, 6.07) is 0. The van der Waals surface area contributed by atoms with Gasteiger partial charge in [-0.15, -0.1) is 10.2 Å². The molecule has 4 nitrogen and oxygen atoms in total. The lowest BCUT2D eigenvalue weighted by atomic mass is 9.79. The predicted molar refractivity (Wildman–Crippen MR) is 76.2 cm³/mol. The van der Waals surface area contributed by atoms with Crippen LogP contribution in [0.4, 0.5) is 0 Å². The first-order chi connectivity index (χ1) is 9.33. The van der Waals surface area contributed by atoms with Gasteiger partial charge in [-0.1, -0.05) is 25.7 Å². The summed E-state index contributed by atoms with van der Waals surface area (Å²) in [7, 11) is 2.12. The molecule has 0 atom stereocenters.